The van der Waals surface area contributed by atoms with Crippen molar-refractivity contribution < 1.29 is 10.2 Å². The third kappa shape index (κ3) is 2.69. The highest BCUT2D eigenvalue weighted by Crippen LogP contribution is 2.39. The lowest BCUT2D eigenvalue weighted by Crippen LogP contribution is -2.30. The number of hydrogen-bond donors (Lipinski definition) is 2. The van der Waals surface area contributed by atoms with Gasteiger partial charge in [-0.1, -0.05) is 29.3 Å². The number of halogens is 2. The van der Waals surface area contributed by atoms with Gasteiger partial charge in [-0.25, -0.2) is 0 Å². The summed E-state index contributed by atoms with van der Waals surface area (Å²) in [6.45, 7) is 1.55. The Bertz CT molecular complexity index is 703. The minimum absolute atomic E-state index is 0.0833. The summed E-state index contributed by atoms with van der Waals surface area (Å²) in [6.07, 6.45) is 0. The molecule has 2 N–H and O–H groups in total. The summed E-state index contributed by atoms with van der Waals surface area (Å²) in [4.78, 5) is 2.17. The van der Waals surface area contributed by atoms with Crippen molar-refractivity contribution in [1.29, 1.82) is 0 Å². The Hall–Kier alpha value is -1.42. The molecule has 0 bridgehead atoms. The van der Waals surface area contributed by atoms with Crippen molar-refractivity contribution in [3.8, 4) is 11.5 Å². The Kier molecular flexibility index (Phi) is 3.74. The number of aromatic hydroxyl groups is 2. The zero-order valence-electron chi connectivity index (χ0n) is 11.5. The Balaban J connectivity index is 2.11. The molecule has 3 nitrogen and oxygen atoms in total. The molecular formula is C16H15Cl2NO2. The second kappa shape index (κ2) is 5.41. The molecule has 0 saturated heterocycles. The number of phenolic OH excluding ortho intramolecular Hbond substituents is 2. The summed E-state index contributed by atoms with van der Waals surface area (Å²) in [5, 5.41) is 20.5. The van der Waals surface area contributed by atoms with E-state index in [-0.39, 0.29) is 17.4 Å². The van der Waals surface area contributed by atoms with E-state index in [1.807, 2.05) is 19.2 Å². The van der Waals surface area contributed by atoms with Gasteiger partial charge in [-0.3, -0.25) is 0 Å². The summed E-state index contributed by atoms with van der Waals surface area (Å²) in [7, 11) is 2.03. The third-order valence-corrected chi connectivity index (χ3v) is 4.63. The van der Waals surface area contributed by atoms with E-state index in [0.29, 0.717) is 10.0 Å². The molecule has 0 amide bonds. The number of nitrogens with zero attached hydrogens (tertiary/aromatic N) is 1. The van der Waals surface area contributed by atoms with E-state index >= 15 is 0 Å². The quantitative estimate of drug-likeness (QED) is 0.780. The van der Waals surface area contributed by atoms with E-state index in [1.165, 1.54) is 0 Å². The second-order valence-corrected chi connectivity index (χ2v) is 6.28. The summed E-state index contributed by atoms with van der Waals surface area (Å²) >= 11 is 12.1. The van der Waals surface area contributed by atoms with Crippen LogP contribution in [0.25, 0.3) is 0 Å². The fourth-order valence-electron chi connectivity index (χ4n) is 2.88. The number of benzene rings is 2. The predicted octanol–water partition coefficient (Wildman–Crippen LogP) is 3.98. The molecule has 1 aliphatic rings. The van der Waals surface area contributed by atoms with Crippen LogP contribution in [0, 0.1) is 0 Å². The Labute approximate surface area is 133 Å². The summed E-state index contributed by atoms with van der Waals surface area (Å²) in [6, 6.07) is 8.87. The van der Waals surface area contributed by atoms with Gasteiger partial charge in [0, 0.05) is 19.0 Å². The van der Waals surface area contributed by atoms with Crippen LogP contribution in [0.5, 0.6) is 11.5 Å². The first kappa shape index (κ1) is 14.5. The molecule has 21 heavy (non-hydrogen) atoms. The number of rotatable bonds is 1. The van der Waals surface area contributed by atoms with Crippen LogP contribution in [-0.4, -0.2) is 28.7 Å². The molecular weight excluding hydrogens is 309 g/mol. The van der Waals surface area contributed by atoms with Crippen LogP contribution >= 0.6 is 23.2 Å². The Morgan fingerprint density at radius 2 is 1.76 bits per heavy atom. The molecule has 1 unspecified atom stereocenters. The van der Waals surface area contributed by atoms with Gasteiger partial charge in [-0.15, -0.1) is 0 Å². The topological polar surface area (TPSA) is 43.7 Å². The van der Waals surface area contributed by atoms with Gasteiger partial charge in [-0.2, -0.15) is 0 Å². The minimum Gasteiger partial charge on any atom is -0.504 e. The number of hydrogen-bond acceptors (Lipinski definition) is 3. The largest absolute Gasteiger partial charge is 0.504 e. The van der Waals surface area contributed by atoms with Crippen LogP contribution in [0.15, 0.2) is 30.3 Å². The van der Waals surface area contributed by atoms with E-state index in [1.54, 1.807) is 18.2 Å². The highest BCUT2D eigenvalue weighted by Gasteiger charge is 2.26. The average Bonchev–Trinajstić information content (AvgIpc) is 2.43. The normalized spacial score (nSPS) is 18.5. The van der Waals surface area contributed by atoms with Crippen LogP contribution in [0.1, 0.15) is 22.6 Å². The van der Waals surface area contributed by atoms with Gasteiger partial charge in [0.25, 0.3) is 0 Å². The van der Waals surface area contributed by atoms with Crippen molar-refractivity contribution in [3.63, 3.8) is 0 Å². The van der Waals surface area contributed by atoms with E-state index in [9.17, 15) is 10.2 Å². The molecule has 1 atom stereocenters. The lowest BCUT2D eigenvalue weighted by molar-refractivity contribution is 0.293. The van der Waals surface area contributed by atoms with Crippen LogP contribution in [0.2, 0.25) is 10.0 Å². The second-order valence-electron chi connectivity index (χ2n) is 5.46. The number of phenols is 2. The molecule has 0 aromatic heterocycles. The zero-order valence-corrected chi connectivity index (χ0v) is 13.0. The first-order valence-electron chi connectivity index (χ1n) is 6.64. The third-order valence-electron chi connectivity index (χ3n) is 3.89. The van der Waals surface area contributed by atoms with Crippen molar-refractivity contribution in [2.24, 2.45) is 0 Å². The molecule has 3 rings (SSSR count). The van der Waals surface area contributed by atoms with Gasteiger partial charge in [0.1, 0.15) is 0 Å². The van der Waals surface area contributed by atoms with Crippen LogP contribution < -0.4 is 0 Å². The van der Waals surface area contributed by atoms with Crippen molar-refractivity contribution in [3.05, 3.63) is 57.1 Å². The van der Waals surface area contributed by atoms with Crippen molar-refractivity contribution in [2.45, 2.75) is 12.5 Å². The van der Waals surface area contributed by atoms with Gasteiger partial charge in [0.15, 0.2) is 11.5 Å². The first-order chi connectivity index (χ1) is 9.95. The lowest BCUT2D eigenvalue weighted by Gasteiger charge is -2.33. The molecule has 2 aromatic carbocycles. The van der Waals surface area contributed by atoms with Gasteiger partial charge in [-0.05, 0) is 48.0 Å². The average molecular weight is 324 g/mol. The van der Waals surface area contributed by atoms with Gasteiger partial charge in [0.05, 0.1) is 10.0 Å². The van der Waals surface area contributed by atoms with Crippen molar-refractivity contribution in [1.82, 2.24) is 4.90 Å². The molecule has 0 saturated carbocycles. The monoisotopic (exact) mass is 323 g/mol. The molecule has 0 radical (unpaired) electrons. The lowest BCUT2D eigenvalue weighted by atomic mass is 9.84. The van der Waals surface area contributed by atoms with Gasteiger partial charge in [0.2, 0.25) is 0 Å². The maximum absolute atomic E-state index is 9.79. The maximum atomic E-state index is 9.79. The summed E-state index contributed by atoms with van der Waals surface area (Å²) in [5.41, 5.74) is 3.07. The van der Waals surface area contributed by atoms with Gasteiger partial charge < -0.3 is 15.1 Å². The van der Waals surface area contributed by atoms with Crippen LogP contribution in [0.3, 0.4) is 0 Å². The highest BCUT2D eigenvalue weighted by molar-refractivity contribution is 6.42. The highest BCUT2D eigenvalue weighted by atomic mass is 35.5. The van der Waals surface area contributed by atoms with E-state index in [0.717, 1.165) is 29.8 Å². The molecule has 0 fully saturated rings. The molecule has 2 aromatic rings. The standard InChI is InChI=1S/C16H15Cl2NO2/c1-19-7-10-5-15(20)16(21)6-11(10)12(8-19)9-2-3-13(17)14(18)4-9/h2-6,12,20-21H,7-8H2,1H3. The summed E-state index contributed by atoms with van der Waals surface area (Å²) in [5.74, 6) is -0.0969. The summed E-state index contributed by atoms with van der Waals surface area (Å²) < 4.78 is 0. The van der Waals surface area contributed by atoms with E-state index in [2.05, 4.69) is 4.90 Å². The first-order valence-corrected chi connectivity index (χ1v) is 7.39. The molecule has 0 spiro atoms. The Morgan fingerprint density at radius 1 is 1.05 bits per heavy atom. The fourth-order valence-corrected chi connectivity index (χ4v) is 3.18. The molecule has 1 aliphatic heterocycles. The molecule has 1 heterocycles. The molecule has 110 valence electrons. The Morgan fingerprint density at radius 3 is 2.48 bits per heavy atom. The predicted molar refractivity (Wildman–Crippen MR) is 84.4 cm³/mol. The van der Waals surface area contributed by atoms with E-state index < -0.39 is 0 Å². The number of likely N-dealkylation sites (N-methyl/N-ethyl adjacent to an activating group) is 1. The smallest absolute Gasteiger partial charge is 0.157 e. The molecule has 5 heteroatoms. The zero-order chi connectivity index (χ0) is 15.1. The van der Waals surface area contributed by atoms with Crippen LogP contribution in [0.4, 0.5) is 0 Å². The molecule has 0 aliphatic carbocycles. The van der Waals surface area contributed by atoms with Gasteiger partial charge >= 0.3 is 0 Å². The van der Waals surface area contributed by atoms with E-state index in [4.69, 9.17) is 23.2 Å². The fraction of sp³-hybridized carbons (Fsp3) is 0.250. The SMILES string of the molecule is CN1Cc2cc(O)c(O)cc2C(c2ccc(Cl)c(Cl)c2)C1. The van der Waals surface area contributed by atoms with Crippen LogP contribution in [-0.2, 0) is 6.54 Å². The number of fused-ring (bicyclic) bond motifs is 1. The maximum Gasteiger partial charge on any atom is 0.157 e. The van der Waals surface area contributed by atoms with Crippen molar-refractivity contribution >= 4 is 23.2 Å². The van der Waals surface area contributed by atoms with Crippen molar-refractivity contribution in [2.75, 3.05) is 13.6 Å². The minimum atomic E-state index is -0.0941.